The Bertz CT molecular complexity index is 1060. The number of unbranched alkanes of at least 4 members (excludes halogenated alkanes) is 23. The maximum Gasteiger partial charge on any atom is 0.306 e. The van der Waals surface area contributed by atoms with Gasteiger partial charge in [0.05, 0.1) is 13.2 Å². The molecule has 0 bridgehead atoms. The summed E-state index contributed by atoms with van der Waals surface area (Å²) in [6.45, 7) is 3.39. The van der Waals surface area contributed by atoms with Crippen LogP contribution in [0.1, 0.15) is 206 Å². The predicted octanol–water partition coefficient (Wildman–Crippen LogP) is 10.7. The summed E-state index contributed by atoms with van der Waals surface area (Å²) in [6.07, 6.45) is 38.6. The van der Waals surface area contributed by atoms with Gasteiger partial charge in [-0.25, -0.2) is 0 Å². The third-order valence-electron chi connectivity index (χ3n) is 11.0. The van der Waals surface area contributed by atoms with Crippen LogP contribution in [0.5, 0.6) is 0 Å². The predicted molar refractivity (Wildman–Crippen MR) is 238 cm³/mol. The van der Waals surface area contributed by atoms with Crippen LogP contribution < -0.4 is 0 Å². The molecule has 10 nitrogen and oxygen atoms in total. The highest BCUT2D eigenvalue weighted by Crippen LogP contribution is 2.23. The highest BCUT2D eigenvalue weighted by atomic mass is 16.7. The van der Waals surface area contributed by atoms with E-state index < -0.39 is 49.4 Å². The lowest BCUT2D eigenvalue weighted by Crippen LogP contribution is -2.59. The van der Waals surface area contributed by atoms with Gasteiger partial charge in [-0.3, -0.25) is 9.59 Å². The second-order valence-electron chi connectivity index (χ2n) is 16.6. The number of allylic oxidation sites excluding steroid dienone is 6. The number of hydrogen-bond donors (Lipinski definition) is 4. The summed E-state index contributed by atoms with van der Waals surface area (Å²) < 4.78 is 22.2. The molecule has 10 heteroatoms. The standard InChI is InChI=1S/C49H88O10/c1-3-5-7-9-11-13-15-17-19-21-23-25-27-29-31-33-35-37-44(51)56-40-42(41-57-49-48(55)47(54)46(53)43(39-50)59-49)58-45(52)38-36-34-32-30-28-26-24-22-20-18-16-14-12-10-8-6-4-2/h12,14,17-20,42-43,46-50,53-55H,3-11,13,15-16,21-41H2,1-2H3/b14-12-,19-17-,20-18-. The third-order valence-corrected chi connectivity index (χ3v) is 11.0. The van der Waals surface area contributed by atoms with Crippen molar-refractivity contribution < 1.29 is 49.0 Å². The van der Waals surface area contributed by atoms with Gasteiger partial charge >= 0.3 is 11.9 Å². The zero-order chi connectivity index (χ0) is 43.0. The number of aliphatic hydroxyl groups excluding tert-OH is 4. The molecule has 0 saturated carbocycles. The van der Waals surface area contributed by atoms with Crippen molar-refractivity contribution in [3.05, 3.63) is 36.5 Å². The summed E-state index contributed by atoms with van der Waals surface area (Å²) in [7, 11) is 0. The van der Waals surface area contributed by atoms with Gasteiger partial charge in [0.1, 0.15) is 31.0 Å². The summed E-state index contributed by atoms with van der Waals surface area (Å²) >= 11 is 0. The zero-order valence-corrected chi connectivity index (χ0v) is 37.5. The Balaban J connectivity index is 2.31. The maximum atomic E-state index is 12.8. The third kappa shape index (κ3) is 31.4. The van der Waals surface area contributed by atoms with Crippen molar-refractivity contribution in [2.45, 2.75) is 243 Å². The maximum absolute atomic E-state index is 12.8. The van der Waals surface area contributed by atoms with Crippen molar-refractivity contribution in [1.29, 1.82) is 0 Å². The lowest BCUT2D eigenvalue weighted by atomic mass is 9.99. The van der Waals surface area contributed by atoms with Gasteiger partial charge in [0.25, 0.3) is 0 Å². The van der Waals surface area contributed by atoms with Gasteiger partial charge in [-0.2, -0.15) is 0 Å². The fourth-order valence-electron chi connectivity index (χ4n) is 7.15. The minimum Gasteiger partial charge on any atom is -0.462 e. The van der Waals surface area contributed by atoms with E-state index in [4.69, 9.17) is 18.9 Å². The molecule has 4 N–H and O–H groups in total. The van der Waals surface area contributed by atoms with Crippen LogP contribution in [0.3, 0.4) is 0 Å². The van der Waals surface area contributed by atoms with Gasteiger partial charge in [-0.1, -0.05) is 159 Å². The van der Waals surface area contributed by atoms with Gasteiger partial charge in [-0.15, -0.1) is 0 Å². The first-order valence-electron chi connectivity index (χ1n) is 24.1. The molecular formula is C49H88O10. The van der Waals surface area contributed by atoms with Crippen molar-refractivity contribution in [1.82, 2.24) is 0 Å². The molecule has 0 spiro atoms. The summed E-state index contributed by atoms with van der Waals surface area (Å²) in [5, 5.41) is 40.1. The van der Waals surface area contributed by atoms with Gasteiger partial charge in [0.2, 0.25) is 0 Å². The van der Waals surface area contributed by atoms with Crippen molar-refractivity contribution in [2.24, 2.45) is 0 Å². The van der Waals surface area contributed by atoms with Crippen LogP contribution in [0.4, 0.5) is 0 Å². The Morgan fingerprint density at radius 1 is 0.525 bits per heavy atom. The molecule has 344 valence electrons. The molecule has 0 radical (unpaired) electrons. The molecule has 0 aromatic heterocycles. The van der Waals surface area contributed by atoms with Gasteiger partial charge in [0.15, 0.2) is 12.4 Å². The van der Waals surface area contributed by atoms with Gasteiger partial charge in [0, 0.05) is 12.8 Å². The fourth-order valence-corrected chi connectivity index (χ4v) is 7.15. The molecule has 1 heterocycles. The molecule has 0 amide bonds. The molecule has 0 aliphatic carbocycles. The fraction of sp³-hybridized carbons (Fsp3) is 0.837. The van der Waals surface area contributed by atoms with Crippen molar-refractivity contribution in [2.75, 3.05) is 19.8 Å². The normalized spacial score (nSPS) is 20.3. The van der Waals surface area contributed by atoms with E-state index in [1.165, 1.54) is 109 Å². The molecule has 6 unspecified atom stereocenters. The number of carbonyl (C=O) groups excluding carboxylic acids is 2. The lowest BCUT2D eigenvalue weighted by Gasteiger charge is -2.39. The summed E-state index contributed by atoms with van der Waals surface area (Å²) in [4.78, 5) is 25.4. The summed E-state index contributed by atoms with van der Waals surface area (Å²) in [5.41, 5.74) is 0. The SMILES string of the molecule is CCCCC/C=C\C/C=C\CCCCCCCCCC(=O)OC(COC(=O)CCCCCCCCC/C=C\CCCCCCCC)COC1OC(CO)C(O)C(O)C1O. The van der Waals surface area contributed by atoms with E-state index in [2.05, 4.69) is 50.3 Å². The molecular weight excluding hydrogens is 749 g/mol. The Kier molecular flexibility index (Phi) is 37.3. The Labute approximate surface area is 359 Å². The second kappa shape index (κ2) is 40.0. The monoisotopic (exact) mass is 837 g/mol. The Morgan fingerprint density at radius 3 is 1.46 bits per heavy atom. The van der Waals surface area contributed by atoms with Crippen LogP contribution in [0, 0.1) is 0 Å². The number of esters is 2. The van der Waals surface area contributed by atoms with E-state index >= 15 is 0 Å². The molecule has 6 atom stereocenters. The van der Waals surface area contributed by atoms with Crippen LogP contribution in [-0.4, -0.2) is 89.0 Å². The van der Waals surface area contributed by atoms with Crippen LogP contribution in [-0.2, 0) is 28.5 Å². The smallest absolute Gasteiger partial charge is 0.306 e. The number of aliphatic hydroxyl groups is 4. The van der Waals surface area contributed by atoms with E-state index in [0.717, 1.165) is 64.2 Å². The number of carbonyl (C=O) groups is 2. The van der Waals surface area contributed by atoms with Gasteiger partial charge < -0.3 is 39.4 Å². The number of hydrogen-bond acceptors (Lipinski definition) is 10. The van der Waals surface area contributed by atoms with Crippen LogP contribution in [0.2, 0.25) is 0 Å². The van der Waals surface area contributed by atoms with Crippen LogP contribution >= 0.6 is 0 Å². The van der Waals surface area contributed by atoms with E-state index in [1.807, 2.05) is 0 Å². The van der Waals surface area contributed by atoms with Gasteiger partial charge in [-0.05, 0) is 70.6 Å². The zero-order valence-electron chi connectivity index (χ0n) is 37.5. The molecule has 0 aromatic carbocycles. The van der Waals surface area contributed by atoms with Crippen molar-refractivity contribution >= 4 is 11.9 Å². The molecule has 1 aliphatic heterocycles. The van der Waals surface area contributed by atoms with E-state index in [0.29, 0.717) is 6.42 Å². The van der Waals surface area contributed by atoms with E-state index in [-0.39, 0.29) is 32.0 Å². The molecule has 59 heavy (non-hydrogen) atoms. The number of rotatable bonds is 40. The Hall–Kier alpha value is -2.08. The molecule has 1 saturated heterocycles. The highest BCUT2D eigenvalue weighted by Gasteiger charge is 2.44. The second-order valence-corrected chi connectivity index (χ2v) is 16.6. The first-order chi connectivity index (χ1) is 28.8. The molecule has 1 rings (SSSR count). The van der Waals surface area contributed by atoms with Crippen LogP contribution in [0.15, 0.2) is 36.5 Å². The van der Waals surface area contributed by atoms with E-state index in [1.54, 1.807) is 0 Å². The largest absolute Gasteiger partial charge is 0.462 e. The highest BCUT2D eigenvalue weighted by molar-refractivity contribution is 5.70. The topological polar surface area (TPSA) is 152 Å². The number of ether oxygens (including phenoxy) is 4. The minimum absolute atomic E-state index is 0.221. The van der Waals surface area contributed by atoms with E-state index in [9.17, 15) is 30.0 Å². The quantitative estimate of drug-likeness (QED) is 0.0267. The first kappa shape index (κ1) is 54.9. The van der Waals surface area contributed by atoms with Crippen molar-refractivity contribution in [3.8, 4) is 0 Å². The minimum atomic E-state index is -1.60. The average molecular weight is 837 g/mol. The molecule has 1 aliphatic rings. The summed E-state index contributed by atoms with van der Waals surface area (Å²) in [5.74, 6) is -0.816. The van der Waals surface area contributed by atoms with Crippen LogP contribution in [0.25, 0.3) is 0 Å². The average Bonchev–Trinajstić information content (AvgIpc) is 3.23. The van der Waals surface area contributed by atoms with Crippen molar-refractivity contribution in [3.63, 3.8) is 0 Å². The first-order valence-corrected chi connectivity index (χ1v) is 24.1. The summed E-state index contributed by atoms with van der Waals surface area (Å²) in [6, 6.07) is 0. The Morgan fingerprint density at radius 2 is 0.949 bits per heavy atom. The molecule has 0 aromatic rings. The molecule has 1 fully saturated rings. The lowest BCUT2D eigenvalue weighted by molar-refractivity contribution is -0.305.